The summed E-state index contributed by atoms with van der Waals surface area (Å²) in [5, 5.41) is 14.7. The van der Waals surface area contributed by atoms with Gasteiger partial charge in [0.25, 0.3) is 0 Å². The van der Waals surface area contributed by atoms with E-state index in [0.717, 1.165) is 69.2 Å². The average Bonchev–Trinajstić information content (AvgIpc) is 3.19. The second-order valence-electron chi connectivity index (χ2n) is 8.21. The van der Waals surface area contributed by atoms with E-state index in [1.54, 1.807) is 0 Å². The van der Waals surface area contributed by atoms with Crippen LogP contribution < -0.4 is 15.4 Å². The van der Waals surface area contributed by atoms with Crippen molar-refractivity contribution in [1.82, 2.24) is 19.5 Å². The number of hydrogen-bond acceptors (Lipinski definition) is 7. The van der Waals surface area contributed by atoms with Crippen molar-refractivity contribution in [1.29, 1.82) is 0 Å². The number of benzene rings is 1. The molecule has 0 unspecified atom stereocenters. The second-order valence-corrected chi connectivity index (χ2v) is 8.98. The first-order valence-corrected chi connectivity index (χ1v) is 11.8. The van der Waals surface area contributed by atoms with Crippen molar-refractivity contribution in [3.63, 3.8) is 0 Å². The van der Waals surface area contributed by atoms with Crippen LogP contribution in [0.3, 0.4) is 0 Å². The van der Waals surface area contributed by atoms with Gasteiger partial charge in [0.1, 0.15) is 23.2 Å². The van der Waals surface area contributed by atoms with Crippen LogP contribution in [-0.2, 0) is 6.61 Å². The van der Waals surface area contributed by atoms with Gasteiger partial charge in [-0.15, -0.1) is 0 Å². The molecule has 1 aromatic heterocycles. The van der Waals surface area contributed by atoms with E-state index in [9.17, 15) is 23.5 Å². The number of amides is 2. The maximum absolute atomic E-state index is 14.0. The molecule has 2 amide bonds. The van der Waals surface area contributed by atoms with Gasteiger partial charge in [-0.3, -0.25) is 5.32 Å². The Morgan fingerprint density at radius 3 is 2.62 bits per heavy atom. The number of piperazine rings is 1. The van der Waals surface area contributed by atoms with Gasteiger partial charge in [0.15, 0.2) is 5.56 Å². The number of carboxylic acids is 1. The highest BCUT2D eigenvalue weighted by molar-refractivity contribution is 7.11. The number of anilines is 1. The molecular weight excluding hydrogens is 468 g/mol. The molecule has 34 heavy (non-hydrogen) atoms. The second kappa shape index (κ2) is 12.0. The number of ether oxygens (including phenoxy) is 1. The lowest BCUT2D eigenvalue weighted by molar-refractivity contribution is 0.0693. The van der Waals surface area contributed by atoms with Crippen LogP contribution in [0.4, 0.5) is 18.6 Å². The number of carboxylic acid groups (broad SMARTS) is 1. The standard InChI is InChI=1S/C22H29F2N5O4S/c1-14-11-17(24)15(12-16(14)23)13-33-19-18(21(30)31)20(34-27-19)26-22(32)25-5-3-4-6-29-9-7-28(2)8-10-29/h11-12H,3-10,13H2,1-2H3,(H,30,31)(H2,25,26,32). The van der Waals surface area contributed by atoms with Crippen molar-refractivity contribution in [2.24, 2.45) is 0 Å². The summed E-state index contributed by atoms with van der Waals surface area (Å²) < 4.78 is 37.0. The van der Waals surface area contributed by atoms with E-state index >= 15 is 0 Å². The van der Waals surface area contributed by atoms with Crippen LogP contribution in [0, 0.1) is 18.6 Å². The monoisotopic (exact) mass is 497 g/mol. The molecule has 9 nitrogen and oxygen atoms in total. The Balaban J connectivity index is 1.47. The number of hydrogen-bond donors (Lipinski definition) is 3. The maximum Gasteiger partial charge on any atom is 0.344 e. The third-order valence-corrected chi connectivity index (χ3v) is 6.32. The highest BCUT2D eigenvalue weighted by Crippen LogP contribution is 2.31. The quantitative estimate of drug-likeness (QED) is 0.433. The van der Waals surface area contributed by atoms with Crippen LogP contribution >= 0.6 is 11.5 Å². The number of likely N-dealkylation sites (N-methyl/N-ethyl adjacent to an activating group) is 1. The van der Waals surface area contributed by atoms with Gasteiger partial charge in [-0.25, -0.2) is 18.4 Å². The zero-order valence-electron chi connectivity index (χ0n) is 19.2. The molecule has 0 atom stereocenters. The summed E-state index contributed by atoms with van der Waals surface area (Å²) >= 11 is 0.734. The Morgan fingerprint density at radius 1 is 1.18 bits per heavy atom. The number of aromatic nitrogens is 1. The van der Waals surface area contributed by atoms with Gasteiger partial charge in [-0.05, 0) is 62.6 Å². The largest absolute Gasteiger partial charge is 0.477 e. The number of aryl methyl sites for hydroxylation is 1. The minimum Gasteiger partial charge on any atom is -0.477 e. The Labute approximate surface area is 200 Å². The van der Waals surface area contributed by atoms with Crippen LogP contribution in [0.2, 0.25) is 0 Å². The zero-order valence-corrected chi connectivity index (χ0v) is 20.0. The molecule has 0 bridgehead atoms. The molecule has 12 heteroatoms. The first-order chi connectivity index (χ1) is 16.2. The molecule has 1 saturated heterocycles. The van der Waals surface area contributed by atoms with E-state index in [1.807, 2.05) is 0 Å². The topological polar surface area (TPSA) is 107 Å². The lowest BCUT2D eigenvalue weighted by Gasteiger charge is -2.32. The summed E-state index contributed by atoms with van der Waals surface area (Å²) in [6, 6.07) is 1.48. The van der Waals surface area contributed by atoms with Crippen LogP contribution in [0.25, 0.3) is 0 Å². The molecular formula is C22H29F2N5O4S. The van der Waals surface area contributed by atoms with Crippen LogP contribution in [0.5, 0.6) is 5.88 Å². The fourth-order valence-electron chi connectivity index (χ4n) is 3.47. The van der Waals surface area contributed by atoms with E-state index < -0.39 is 30.2 Å². The number of rotatable bonds is 10. The number of carbonyl (C=O) groups excluding carboxylic acids is 1. The molecule has 2 heterocycles. The Kier molecular flexibility index (Phi) is 9.13. The summed E-state index contributed by atoms with van der Waals surface area (Å²) in [5.74, 6) is -2.90. The third kappa shape index (κ3) is 7.08. The molecule has 1 aliphatic rings. The summed E-state index contributed by atoms with van der Waals surface area (Å²) in [6.07, 6.45) is 1.74. The number of unbranched alkanes of at least 4 members (excludes halogenated alkanes) is 1. The van der Waals surface area contributed by atoms with E-state index in [2.05, 4.69) is 31.9 Å². The van der Waals surface area contributed by atoms with Crippen molar-refractivity contribution >= 4 is 28.5 Å². The van der Waals surface area contributed by atoms with Crippen molar-refractivity contribution in [3.05, 3.63) is 40.5 Å². The molecule has 0 spiro atoms. The zero-order chi connectivity index (χ0) is 24.7. The molecule has 0 saturated carbocycles. The third-order valence-electron chi connectivity index (χ3n) is 5.58. The molecule has 1 aliphatic heterocycles. The first kappa shape index (κ1) is 25.8. The number of nitrogens with one attached hydrogen (secondary N) is 2. The van der Waals surface area contributed by atoms with Crippen LogP contribution in [0.15, 0.2) is 12.1 Å². The van der Waals surface area contributed by atoms with Gasteiger partial charge in [-0.1, -0.05) is 0 Å². The van der Waals surface area contributed by atoms with Gasteiger partial charge in [0.05, 0.1) is 0 Å². The summed E-state index contributed by atoms with van der Waals surface area (Å²) in [4.78, 5) is 28.6. The van der Waals surface area contributed by atoms with Crippen molar-refractivity contribution < 1.29 is 28.2 Å². The lowest BCUT2D eigenvalue weighted by Crippen LogP contribution is -2.44. The Bertz CT molecular complexity index is 1010. The van der Waals surface area contributed by atoms with Crippen molar-refractivity contribution in [2.45, 2.75) is 26.4 Å². The van der Waals surface area contributed by atoms with E-state index in [0.29, 0.717) is 6.54 Å². The van der Waals surface area contributed by atoms with Crippen molar-refractivity contribution in [2.75, 3.05) is 51.6 Å². The Morgan fingerprint density at radius 2 is 1.91 bits per heavy atom. The predicted molar refractivity (Wildman–Crippen MR) is 125 cm³/mol. The number of carbonyl (C=O) groups is 2. The molecule has 1 fully saturated rings. The van der Waals surface area contributed by atoms with Gasteiger partial charge < -0.3 is 25.0 Å². The fraction of sp³-hybridized carbons (Fsp3) is 0.500. The molecule has 2 aromatic rings. The minimum absolute atomic E-state index is 0.00649. The summed E-state index contributed by atoms with van der Waals surface area (Å²) in [5.41, 5.74) is -0.266. The molecule has 1 aromatic carbocycles. The smallest absolute Gasteiger partial charge is 0.344 e. The number of halogens is 2. The molecule has 0 radical (unpaired) electrons. The number of aromatic carboxylic acids is 1. The molecule has 186 valence electrons. The highest BCUT2D eigenvalue weighted by atomic mass is 32.1. The SMILES string of the molecule is Cc1cc(F)c(COc2nsc(NC(=O)NCCCCN3CCN(C)CC3)c2C(=O)O)cc1F. The summed E-state index contributed by atoms with van der Waals surface area (Å²) in [7, 11) is 2.11. The van der Waals surface area contributed by atoms with Gasteiger partial charge in [-0.2, -0.15) is 4.37 Å². The van der Waals surface area contributed by atoms with E-state index in [1.165, 1.54) is 6.92 Å². The van der Waals surface area contributed by atoms with Crippen molar-refractivity contribution in [3.8, 4) is 5.88 Å². The maximum atomic E-state index is 14.0. The molecule has 3 N–H and O–H groups in total. The summed E-state index contributed by atoms with van der Waals surface area (Å²) in [6.45, 7) is 6.65. The molecule has 3 rings (SSSR count). The Hall–Kier alpha value is -2.83. The first-order valence-electron chi connectivity index (χ1n) is 11.0. The van der Waals surface area contributed by atoms with Gasteiger partial charge in [0.2, 0.25) is 5.88 Å². The number of nitrogens with zero attached hydrogens (tertiary/aromatic N) is 3. The van der Waals surface area contributed by atoms with Gasteiger partial charge >= 0.3 is 12.0 Å². The normalized spacial score (nSPS) is 14.7. The fourth-order valence-corrected chi connectivity index (χ4v) is 4.20. The lowest BCUT2D eigenvalue weighted by atomic mass is 10.1. The van der Waals surface area contributed by atoms with Crippen LogP contribution in [0.1, 0.15) is 34.3 Å². The number of urea groups is 1. The highest BCUT2D eigenvalue weighted by Gasteiger charge is 2.24. The predicted octanol–water partition coefficient (Wildman–Crippen LogP) is 3.16. The molecule has 0 aliphatic carbocycles. The van der Waals surface area contributed by atoms with Crippen LogP contribution in [-0.4, -0.2) is 77.6 Å². The van der Waals surface area contributed by atoms with E-state index in [4.69, 9.17) is 4.74 Å². The van der Waals surface area contributed by atoms with Gasteiger partial charge in [0, 0.05) is 38.3 Å². The average molecular weight is 498 g/mol. The van der Waals surface area contributed by atoms with E-state index in [-0.39, 0.29) is 27.6 Å². The minimum atomic E-state index is -1.36.